The highest BCUT2D eigenvalue weighted by atomic mass is 127. The standard InChI is InChI=1S/C15H19ClO2S2.C12H14O2S2.C3H6ClI/c1-18-14(17)12-3-5-13(6-4-12)15(7-2-8-16)11-19-9-10-20-15;1-14-12(13)10-4-2-9(3-5-10)11-8-15-6-7-16-11;4-2-1-3-5/h3-6H,2,7-11H2,1H3;2-5,11H,6-8H2,1H3;1-3H2. The lowest BCUT2D eigenvalue weighted by Crippen LogP contribution is -2.29. The Balaban J connectivity index is 0.000000251. The molecule has 2 unspecified atom stereocenters. The monoisotopic (exact) mass is 788 g/mol. The van der Waals surface area contributed by atoms with E-state index in [9.17, 15) is 9.59 Å². The van der Waals surface area contributed by atoms with Crippen LogP contribution < -0.4 is 0 Å². The van der Waals surface area contributed by atoms with Crippen molar-refractivity contribution in [2.75, 3.05) is 64.9 Å². The molecule has 11 heteroatoms. The lowest BCUT2D eigenvalue weighted by Gasteiger charge is -2.37. The van der Waals surface area contributed by atoms with E-state index in [1.807, 2.05) is 83.4 Å². The Kier molecular flexibility index (Phi) is 19.8. The van der Waals surface area contributed by atoms with E-state index in [0.29, 0.717) is 22.3 Å². The highest BCUT2D eigenvalue weighted by molar-refractivity contribution is 14.1. The number of ether oxygens (including phenoxy) is 2. The van der Waals surface area contributed by atoms with Crippen molar-refractivity contribution in [2.24, 2.45) is 0 Å². The summed E-state index contributed by atoms with van der Waals surface area (Å²) in [5.41, 5.74) is 3.84. The Labute approximate surface area is 286 Å². The summed E-state index contributed by atoms with van der Waals surface area (Å²) in [6, 6.07) is 15.6. The van der Waals surface area contributed by atoms with Crippen LogP contribution in [-0.4, -0.2) is 76.9 Å². The van der Waals surface area contributed by atoms with Crippen molar-refractivity contribution in [3.05, 3.63) is 70.8 Å². The molecule has 0 N–H and O–H groups in total. The summed E-state index contributed by atoms with van der Waals surface area (Å²) < 4.78 is 10.7. The van der Waals surface area contributed by atoms with E-state index < -0.39 is 0 Å². The van der Waals surface area contributed by atoms with Crippen molar-refractivity contribution in [3.63, 3.8) is 0 Å². The first kappa shape index (κ1) is 37.3. The lowest BCUT2D eigenvalue weighted by molar-refractivity contribution is 0.0592. The van der Waals surface area contributed by atoms with Gasteiger partial charge >= 0.3 is 11.9 Å². The topological polar surface area (TPSA) is 52.6 Å². The van der Waals surface area contributed by atoms with E-state index >= 15 is 0 Å². The summed E-state index contributed by atoms with van der Waals surface area (Å²) in [5.74, 6) is 8.11. The van der Waals surface area contributed by atoms with Crippen LogP contribution in [0.5, 0.6) is 0 Å². The fourth-order valence-corrected chi connectivity index (χ4v) is 11.1. The normalized spacial score (nSPS) is 20.0. The average molecular weight is 790 g/mol. The molecule has 0 saturated carbocycles. The van der Waals surface area contributed by atoms with Gasteiger partial charge in [-0.05, 0) is 54.7 Å². The summed E-state index contributed by atoms with van der Waals surface area (Å²) in [6.07, 6.45) is 3.25. The van der Waals surface area contributed by atoms with E-state index in [0.717, 1.165) is 30.9 Å². The second kappa shape index (κ2) is 21.7. The Morgan fingerprint density at radius 2 is 1.44 bits per heavy atom. The molecule has 2 aromatic rings. The summed E-state index contributed by atoms with van der Waals surface area (Å²) in [5, 5.41) is 0.574. The molecule has 0 spiro atoms. The largest absolute Gasteiger partial charge is 0.465 e. The van der Waals surface area contributed by atoms with Gasteiger partial charge in [0.05, 0.1) is 25.3 Å². The van der Waals surface area contributed by atoms with Crippen LogP contribution in [-0.2, 0) is 14.2 Å². The van der Waals surface area contributed by atoms with Crippen LogP contribution in [0.15, 0.2) is 48.5 Å². The van der Waals surface area contributed by atoms with E-state index in [1.165, 1.54) is 58.5 Å². The lowest BCUT2D eigenvalue weighted by atomic mass is 9.94. The number of methoxy groups -OCH3 is 2. The van der Waals surface area contributed by atoms with Crippen LogP contribution in [0, 0.1) is 0 Å². The first-order valence-corrected chi connectivity index (χ1v) is 20.3. The number of alkyl halides is 3. The third kappa shape index (κ3) is 12.9. The molecule has 0 amide bonds. The molecule has 4 rings (SSSR count). The van der Waals surface area contributed by atoms with Crippen LogP contribution in [0.3, 0.4) is 0 Å². The molecule has 4 nitrogen and oxygen atoms in total. The Morgan fingerprint density at radius 3 is 1.88 bits per heavy atom. The van der Waals surface area contributed by atoms with Gasteiger partial charge in [-0.15, -0.1) is 35.0 Å². The Bertz CT molecular complexity index is 1010. The number of thioether (sulfide) groups is 4. The second-order valence-corrected chi connectivity index (χ2v) is 15.9. The molecule has 0 aliphatic carbocycles. The number of carbonyl (C=O) groups is 2. The molecule has 2 heterocycles. The highest BCUT2D eigenvalue weighted by Crippen LogP contribution is 2.46. The van der Waals surface area contributed by atoms with Gasteiger partial charge in [-0.25, -0.2) is 9.59 Å². The van der Waals surface area contributed by atoms with Gasteiger partial charge in [0.1, 0.15) is 0 Å². The molecule has 2 fully saturated rings. The molecule has 2 aliphatic rings. The number of esters is 2. The fourth-order valence-electron chi connectivity index (χ4n) is 4.09. The van der Waals surface area contributed by atoms with Crippen molar-refractivity contribution in [1.29, 1.82) is 0 Å². The van der Waals surface area contributed by atoms with E-state index in [4.69, 9.17) is 27.9 Å². The predicted octanol–water partition coefficient (Wildman–Crippen LogP) is 9.21. The van der Waals surface area contributed by atoms with Crippen molar-refractivity contribution in [2.45, 2.75) is 29.3 Å². The number of carbonyl (C=O) groups excluding carboxylic acids is 2. The highest BCUT2D eigenvalue weighted by Gasteiger charge is 2.34. The van der Waals surface area contributed by atoms with Crippen LogP contribution >= 0.6 is 92.8 Å². The third-order valence-electron chi connectivity index (χ3n) is 6.27. The third-order valence-corrected chi connectivity index (χ3v) is 13.6. The minimum absolute atomic E-state index is 0.145. The van der Waals surface area contributed by atoms with Gasteiger partial charge in [-0.1, -0.05) is 46.9 Å². The minimum atomic E-state index is -0.281. The number of hydrogen-bond donors (Lipinski definition) is 0. The summed E-state index contributed by atoms with van der Waals surface area (Å²) in [4.78, 5) is 22.8. The molecule has 2 aliphatic heterocycles. The Hall–Kier alpha value is 0.0900. The van der Waals surface area contributed by atoms with Crippen LogP contribution in [0.4, 0.5) is 0 Å². The maximum atomic E-state index is 11.5. The smallest absolute Gasteiger partial charge is 0.337 e. The minimum Gasteiger partial charge on any atom is -0.465 e. The van der Waals surface area contributed by atoms with Gasteiger partial charge < -0.3 is 9.47 Å². The number of benzene rings is 2. The molecule has 0 radical (unpaired) electrons. The van der Waals surface area contributed by atoms with Crippen LogP contribution in [0.2, 0.25) is 0 Å². The van der Waals surface area contributed by atoms with Gasteiger partial charge in [-0.2, -0.15) is 35.3 Å². The second-order valence-electron chi connectivity index (χ2n) is 9.04. The van der Waals surface area contributed by atoms with Crippen molar-refractivity contribution < 1.29 is 19.1 Å². The zero-order chi connectivity index (χ0) is 29.9. The predicted molar refractivity (Wildman–Crippen MR) is 194 cm³/mol. The Morgan fingerprint density at radius 1 is 0.854 bits per heavy atom. The van der Waals surface area contributed by atoms with Crippen LogP contribution in [0.25, 0.3) is 0 Å². The molecular formula is C30H39Cl2IO4S4. The number of hydrogen-bond acceptors (Lipinski definition) is 8. The van der Waals surface area contributed by atoms with E-state index in [2.05, 4.69) is 39.5 Å². The maximum Gasteiger partial charge on any atom is 0.337 e. The number of rotatable bonds is 9. The van der Waals surface area contributed by atoms with Crippen molar-refractivity contribution >= 4 is 105 Å². The van der Waals surface area contributed by atoms with Gasteiger partial charge in [0.25, 0.3) is 0 Å². The van der Waals surface area contributed by atoms with Crippen molar-refractivity contribution in [1.82, 2.24) is 0 Å². The molecule has 0 aromatic heterocycles. The van der Waals surface area contributed by atoms with Gasteiger partial charge in [0, 0.05) is 60.7 Å². The van der Waals surface area contributed by atoms with Crippen LogP contribution in [0.1, 0.15) is 56.4 Å². The summed E-state index contributed by atoms with van der Waals surface area (Å²) in [6.45, 7) is 0. The SMILES string of the molecule is COC(=O)c1ccc(C2(CCCCl)CSCCS2)cc1.COC(=O)c1ccc(C2CSCCS2)cc1.ClCCCI. The molecule has 0 bridgehead atoms. The molecule has 228 valence electrons. The van der Waals surface area contributed by atoms with Gasteiger partial charge in [-0.3, -0.25) is 0 Å². The zero-order valence-electron chi connectivity index (χ0n) is 23.6. The van der Waals surface area contributed by atoms with Gasteiger partial charge in [0.2, 0.25) is 0 Å². The zero-order valence-corrected chi connectivity index (χ0v) is 30.5. The fraction of sp³-hybridized carbons (Fsp3) is 0.533. The quantitative estimate of drug-likeness (QED) is 0.142. The molecule has 2 atom stereocenters. The first-order valence-electron chi connectivity index (χ1n) is 13.4. The molecule has 41 heavy (non-hydrogen) atoms. The first-order chi connectivity index (χ1) is 19.9. The molecule has 2 aromatic carbocycles. The van der Waals surface area contributed by atoms with E-state index in [1.54, 1.807) is 0 Å². The maximum absolute atomic E-state index is 11.5. The molecule has 2 saturated heterocycles. The van der Waals surface area contributed by atoms with Gasteiger partial charge in [0.15, 0.2) is 0 Å². The van der Waals surface area contributed by atoms with E-state index in [-0.39, 0.29) is 16.7 Å². The van der Waals surface area contributed by atoms with Crippen molar-refractivity contribution in [3.8, 4) is 0 Å². The average Bonchev–Trinajstić information content (AvgIpc) is 3.05. The number of halogens is 3. The summed E-state index contributed by atoms with van der Waals surface area (Å²) in [7, 11) is 2.82. The summed E-state index contributed by atoms with van der Waals surface area (Å²) >= 11 is 21.5. The molecular weight excluding hydrogens is 750 g/mol.